The van der Waals surface area contributed by atoms with Gasteiger partial charge in [-0.3, -0.25) is 0 Å². The summed E-state index contributed by atoms with van der Waals surface area (Å²) in [6, 6.07) is 61.4. The van der Waals surface area contributed by atoms with E-state index in [0.29, 0.717) is 11.7 Å². The van der Waals surface area contributed by atoms with Gasteiger partial charge in [-0.15, -0.1) is 11.3 Å². The summed E-state index contributed by atoms with van der Waals surface area (Å²) in [7, 11) is 0. The van der Waals surface area contributed by atoms with Crippen LogP contribution >= 0.6 is 11.3 Å². The van der Waals surface area contributed by atoms with Crippen molar-refractivity contribution >= 4 is 74.9 Å². The van der Waals surface area contributed by atoms with Gasteiger partial charge >= 0.3 is 0 Å². The lowest BCUT2D eigenvalue weighted by atomic mass is 9.91. The quantitative estimate of drug-likeness (QED) is 0.175. The summed E-state index contributed by atoms with van der Waals surface area (Å²) in [5.41, 5.74) is 9.82. The van der Waals surface area contributed by atoms with Gasteiger partial charge < -0.3 is 4.57 Å². The van der Waals surface area contributed by atoms with Crippen molar-refractivity contribution in [1.82, 2.24) is 14.5 Å². The molecule has 1 unspecified atom stereocenters. The van der Waals surface area contributed by atoms with Gasteiger partial charge in [-0.1, -0.05) is 146 Å². The molecule has 0 fully saturated rings. The monoisotopic (exact) mass is 757 g/mol. The van der Waals surface area contributed by atoms with Crippen molar-refractivity contribution in [3.05, 3.63) is 200 Å². The van der Waals surface area contributed by atoms with E-state index >= 15 is 0 Å². The number of aromatic nitrogens is 3. The SMILES string of the molecule is C1=CCC(c2ccc3sc4c5ccccc5c5c(c4c3c2)c2c3ccccc3ccc2n5-c2ccc(-c3nc(-c4ccccc4)cc(-c4ccccc4)n3)cc2)C=C1. The molecule has 0 amide bonds. The summed E-state index contributed by atoms with van der Waals surface area (Å²) in [5.74, 6) is 1.08. The third-order valence-corrected chi connectivity index (χ3v) is 13.1. The molecule has 0 N–H and O–H groups in total. The number of hydrogen-bond donors (Lipinski definition) is 0. The molecule has 11 aromatic rings. The average molecular weight is 758 g/mol. The van der Waals surface area contributed by atoms with E-state index in [1.54, 1.807) is 0 Å². The first-order chi connectivity index (χ1) is 28.8. The Morgan fingerprint density at radius 1 is 0.517 bits per heavy atom. The lowest BCUT2D eigenvalue weighted by Crippen LogP contribution is -1.97. The zero-order chi connectivity index (χ0) is 38.2. The van der Waals surface area contributed by atoms with Gasteiger partial charge in [0.15, 0.2) is 5.82 Å². The van der Waals surface area contributed by atoms with Gasteiger partial charge in [0.1, 0.15) is 0 Å². The maximum Gasteiger partial charge on any atom is 0.160 e. The highest BCUT2D eigenvalue weighted by Crippen LogP contribution is 2.50. The van der Waals surface area contributed by atoms with Crippen LogP contribution in [0.1, 0.15) is 17.9 Å². The smallest absolute Gasteiger partial charge is 0.160 e. The number of nitrogens with zero attached hydrogens (tertiary/aromatic N) is 3. The van der Waals surface area contributed by atoms with Crippen molar-refractivity contribution < 1.29 is 0 Å². The molecule has 3 nitrogen and oxygen atoms in total. The first-order valence-electron chi connectivity index (χ1n) is 19.9. The highest BCUT2D eigenvalue weighted by Gasteiger charge is 2.24. The summed E-state index contributed by atoms with van der Waals surface area (Å²) < 4.78 is 5.17. The third kappa shape index (κ3) is 5.19. The Labute approximate surface area is 339 Å². The first-order valence-corrected chi connectivity index (χ1v) is 20.8. The Kier molecular flexibility index (Phi) is 7.54. The Morgan fingerprint density at radius 2 is 1.21 bits per heavy atom. The second-order valence-electron chi connectivity index (χ2n) is 15.2. The van der Waals surface area contributed by atoms with Gasteiger partial charge in [0.2, 0.25) is 0 Å². The van der Waals surface area contributed by atoms with E-state index in [1.807, 2.05) is 23.5 Å². The largest absolute Gasteiger partial charge is 0.309 e. The van der Waals surface area contributed by atoms with Crippen LogP contribution in [0.15, 0.2) is 194 Å². The molecule has 0 radical (unpaired) electrons. The molecular formula is C54H35N3S. The zero-order valence-corrected chi connectivity index (χ0v) is 32.3. The molecule has 3 heterocycles. The van der Waals surface area contributed by atoms with E-state index in [2.05, 4.69) is 187 Å². The number of allylic oxidation sites excluding steroid dienone is 4. The average Bonchev–Trinajstić information content (AvgIpc) is 3.86. The molecule has 0 saturated heterocycles. The third-order valence-electron chi connectivity index (χ3n) is 11.9. The van der Waals surface area contributed by atoms with Gasteiger partial charge in [-0.05, 0) is 71.3 Å². The second-order valence-corrected chi connectivity index (χ2v) is 16.3. The van der Waals surface area contributed by atoms with Crippen LogP contribution in [0.5, 0.6) is 0 Å². The minimum Gasteiger partial charge on any atom is -0.309 e. The summed E-state index contributed by atoms with van der Waals surface area (Å²) in [4.78, 5) is 10.3. The van der Waals surface area contributed by atoms with E-state index in [1.165, 1.54) is 69.1 Å². The molecular weight excluding hydrogens is 723 g/mol. The molecule has 0 aliphatic heterocycles. The van der Waals surface area contributed by atoms with E-state index in [9.17, 15) is 0 Å². The molecule has 1 aliphatic rings. The fourth-order valence-electron chi connectivity index (χ4n) is 9.18. The molecule has 12 rings (SSSR count). The summed E-state index contributed by atoms with van der Waals surface area (Å²) in [5, 5.41) is 10.4. The van der Waals surface area contributed by atoms with E-state index < -0.39 is 0 Å². The van der Waals surface area contributed by atoms with Crippen molar-refractivity contribution in [3.8, 4) is 39.6 Å². The van der Waals surface area contributed by atoms with Crippen LogP contribution in [0, 0.1) is 0 Å². The highest BCUT2D eigenvalue weighted by atomic mass is 32.1. The molecule has 0 saturated carbocycles. The van der Waals surface area contributed by atoms with Crippen LogP contribution in [0.25, 0.3) is 103 Å². The normalized spacial score (nSPS) is 14.2. The van der Waals surface area contributed by atoms with E-state index in [4.69, 9.17) is 9.97 Å². The van der Waals surface area contributed by atoms with Crippen LogP contribution in [0.2, 0.25) is 0 Å². The molecule has 58 heavy (non-hydrogen) atoms. The van der Waals surface area contributed by atoms with Gasteiger partial charge in [0.25, 0.3) is 0 Å². The lowest BCUT2D eigenvalue weighted by molar-refractivity contribution is 0.856. The maximum absolute atomic E-state index is 5.14. The van der Waals surface area contributed by atoms with E-state index in [-0.39, 0.29) is 0 Å². The first kappa shape index (κ1) is 33.0. The maximum atomic E-state index is 5.14. The van der Waals surface area contributed by atoms with Crippen molar-refractivity contribution in [1.29, 1.82) is 0 Å². The summed E-state index contributed by atoms with van der Waals surface area (Å²) in [6.45, 7) is 0. The van der Waals surface area contributed by atoms with Gasteiger partial charge in [0, 0.05) is 70.0 Å². The fourth-order valence-corrected chi connectivity index (χ4v) is 10.4. The molecule has 0 bridgehead atoms. The molecule has 1 aliphatic carbocycles. The number of fused-ring (bicyclic) bond motifs is 12. The van der Waals surface area contributed by atoms with E-state index in [0.717, 1.165) is 40.2 Å². The van der Waals surface area contributed by atoms with Gasteiger partial charge in [-0.2, -0.15) is 0 Å². The van der Waals surface area contributed by atoms with Crippen LogP contribution in [-0.2, 0) is 0 Å². The topological polar surface area (TPSA) is 30.7 Å². The van der Waals surface area contributed by atoms with Crippen LogP contribution in [0.4, 0.5) is 0 Å². The fraction of sp³-hybridized carbons (Fsp3) is 0.0370. The second kappa shape index (κ2) is 13.2. The minimum absolute atomic E-state index is 0.377. The molecule has 4 heteroatoms. The predicted molar refractivity (Wildman–Crippen MR) is 246 cm³/mol. The van der Waals surface area contributed by atoms with Gasteiger partial charge in [0.05, 0.1) is 22.4 Å². The van der Waals surface area contributed by atoms with Crippen molar-refractivity contribution in [3.63, 3.8) is 0 Å². The lowest BCUT2D eigenvalue weighted by Gasteiger charge is -2.14. The summed E-state index contributed by atoms with van der Waals surface area (Å²) >= 11 is 1.92. The van der Waals surface area contributed by atoms with Crippen LogP contribution in [0.3, 0.4) is 0 Å². The zero-order valence-electron chi connectivity index (χ0n) is 31.5. The number of hydrogen-bond acceptors (Lipinski definition) is 3. The van der Waals surface area contributed by atoms with Gasteiger partial charge in [-0.25, -0.2) is 9.97 Å². The predicted octanol–water partition coefficient (Wildman–Crippen LogP) is 14.8. The van der Waals surface area contributed by atoms with Crippen LogP contribution in [-0.4, -0.2) is 14.5 Å². The highest BCUT2D eigenvalue weighted by molar-refractivity contribution is 7.27. The summed E-state index contributed by atoms with van der Waals surface area (Å²) in [6.07, 6.45) is 10.0. The standard InChI is InChI=1S/C54H35N3S/c1-4-14-34(15-5-1)39-27-31-48-44(32-39)50-51-49-41-21-11-10-16-35(41)26-30-47(49)57(52(51)42-22-12-13-23-43(42)53(50)58-48)40-28-24-38(25-29-40)54-55-45(36-17-6-2-7-18-36)33-46(56-54)37-19-8-3-9-20-37/h1-14,16-34H,15H2. The molecule has 0 spiro atoms. The molecule has 272 valence electrons. The Hall–Kier alpha value is -7.14. The Morgan fingerprint density at radius 3 is 1.93 bits per heavy atom. The van der Waals surface area contributed by atoms with Crippen molar-refractivity contribution in [2.45, 2.75) is 12.3 Å². The number of rotatable bonds is 5. The van der Waals surface area contributed by atoms with Crippen molar-refractivity contribution in [2.75, 3.05) is 0 Å². The number of benzene rings is 8. The van der Waals surface area contributed by atoms with Crippen LogP contribution < -0.4 is 0 Å². The Bertz CT molecular complexity index is 3410. The molecule has 8 aromatic carbocycles. The number of thiophene rings is 1. The van der Waals surface area contributed by atoms with Crippen molar-refractivity contribution in [2.24, 2.45) is 0 Å². The molecule has 1 atom stereocenters. The minimum atomic E-state index is 0.377. The Balaban J connectivity index is 1.13. The molecule has 3 aromatic heterocycles.